The van der Waals surface area contributed by atoms with Gasteiger partial charge in [0.2, 0.25) is 0 Å². The highest BCUT2D eigenvalue weighted by Crippen LogP contribution is 2.91. The fourth-order valence-corrected chi connectivity index (χ4v) is 210. The molecular formula is C30H66S2Si7. The lowest BCUT2D eigenvalue weighted by Gasteiger charge is -2.87. The van der Waals surface area contributed by atoms with Crippen molar-refractivity contribution in [2.75, 3.05) is 11.5 Å². The van der Waals surface area contributed by atoms with Gasteiger partial charge in [-0.2, -0.15) is 23.5 Å². The van der Waals surface area contributed by atoms with Gasteiger partial charge in [-0.3, -0.25) is 0 Å². The number of rotatable bonds is 0. The molecule has 0 spiro atoms. The average Bonchev–Trinajstić information content (AvgIpc) is 2.68. The third-order valence-corrected chi connectivity index (χ3v) is 168. The summed E-state index contributed by atoms with van der Waals surface area (Å²) in [6.07, 6.45) is 12.8. The van der Waals surface area contributed by atoms with Crippen molar-refractivity contribution in [3.63, 3.8) is 0 Å². The Labute approximate surface area is 259 Å². The van der Waals surface area contributed by atoms with Crippen LogP contribution in [0.3, 0.4) is 0 Å². The molecule has 4 bridgehead atoms. The van der Waals surface area contributed by atoms with Crippen molar-refractivity contribution in [3.8, 4) is 0 Å². The van der Waals surface area contributed by atoms with Crippen LogP contribution in [0.5, 0.6) is 0 Å². The Hall–Kier alpha value is 2.22. The van der Waals surface area contributed by atoms with Crippen LogP contribution in [0.4, 0.5) is 0 Å². The second kappa shape index (κ2) is 9.15. The van der Waals surface area contributed by atoms with E-state index < -0.39 is 50.7 Å². The predicted molar refractivity (Wildman–Crippen MR) is 204 cm³/mol. The van der Waals surface area contributed by atoms with Gasteiger partial charge < -0.3 is 0 Å². The standard InChI is InChI=1S/C30H66S2Si7/c1-33(2)19-15-17-31-29-21-27(22-29,23-29)28-24-30(25-28,26-28)32-18-16-20-34(3,4)36(7,8)38(11,12)39(13,14)37(9,10)35(33,5)6/h15-26H2,1-14H3. The van der Waals surface area contributed by atoms with Crippen LogP contribution in [0.2, 0.25) is 104 Å². The summed E-state index contributed by atoms with van der Waals surface area (Å²) in [6.45, 7) is 41.4. The van der Waals surface area contributed by atoms with Crippen LogP contribution in [0.1, 0.15) is 51.4 Å². The van der Waals surface area contributed by atoms with Gasteiger partial charge in [0, 0.05) is 60.2 Å². The van der Waals surface area contributed by atoms with Crippen LogP contribution in [0, 0.1) is 10.8 Å². The van der Waals surface area contributed by atoms with E-state index in [2.05, 4.69) is 115 Å². The lowest BCUT2D eigenvalue weighted by Crippen LogP contribution is -2.90. The topological polar surface area (TPSA) is 0 Å². The molecule has 5 saturated heterocycles. The van der Waals surface area contributed by atoms with Gasteiger partial charge in [0.05, 0.1) is 0 Å². The maximum atomic E-state index is 3.00. The summed E-state index contributed by atoms with van der Waals surface area (Å²) in [4.78, 5) is 0. The van der Waals surface area contributed by atoms with Crippen molar-refractivity contribution in [2.45, 2.75) is 165 Å². The van der Waals surface area contributed by atoms with Gasteiger partial charge >= 0.3 is 0 Å². The molecule has 226 valence electrons. The maximum absolute atomic E-state index is 3.00. The molecule has 0 amide bonds. The van der Waals surface area contributed by atoms with Crippen LogP contribution in [-0.2, 0) is 0 Å². The molecule has 9 heteroatoms. The largest absolute Gasteiger partial charge is 0.155 e. The summed E-state index contributed by atoms with van der Waals surface area (Å²) in [5.74, 6) is 2.96. The molecule has 0 radical (unpaired) electrons. The molecule has 11 rings (SSSR count). The molecule has 6 saturated carbocycles. The highest BCUT2D eigenvalue weighted by atomic mass is 32.2. The van der Waals surface area contributed by atoms with Gasteiger partial charge in [0.25, 0.3) is 0 Å². The minimum atomic E-state index is -1.32. The van der Waals surface area contributed by atoms with E-state index in [1.807, 2.05) is 0 Å². The van der Waals surface area contributed by atoms with Crippen LogP contribution in [0.25, 0.3) is 0 Å². The molecule has 11 aliphatic rings. The molecular weight excluding hydrogens is 621 g/mol. The second-order valence-electron chi connectivity index (χ2n) is 19.8. The van der Waals surface area contributed by atoms with Crippen molar-refractivity contribution in [1.82, 2.24) is 0 Å². The lowest BCUT2D eigenvalue weighted by atomic mass is 9.23. The molecule has 0 N–H and O–H groups in total. The van der Waals surface area contributed by atoms with E-state index in [4.69, 9.17) is 0 Å². The van der Waals surface area contributed by atoms with E-state index in [1.165, 1.54) is 24.3 Å². The smallest absolute Gasteiger partial charge is 0.0384 e. The lowest BCUT2D eigenvalue weighted by molar-refractivity contribution is -0.283. The predicted octanol–water partition coefficient (Wildman–Crippen LogP) is 10.5. The summed E-state index contributed by atoms with van der Waals surface area (Å²) < 4.78 is 1.50. The molecule has 0 atom stereocenters. The molecule has 0 aromatic rings. The van der Waals surface area contributed by atoms with Gasteiger partial charge in [-0.15, -0.1) is 0 Å². The van der Waals surface area contributed by atoms with Crippen molar-refractivity contribution < 1.29 is 0 Å². The zero-order valence-electron chi connectivity index (χ0n) is 28.8. The van der Waals surface area contributed by atoms with Gasteiger partial charge in [-0.25, -0.2) is 0 Å². The number of hydrogen-bond donors (Lipinski definition) is 0. The Morgan fingerprint density at radius 3 is 0.923 bits per heavy atom. The number of thioether (sulfide) groups is 2. The van der Waals surface area contributed by atoms with Gasteiger partial charge in [-0.05, 0) is 73.7 Å². The Balaban J connectivity index is 1.41. The van der Waals surface area contributed by atoms with E-state index in [1.54, 1.807) is 50.6 Å². The normalized spacial score (nSPS) is 46.6. The molecule has 0 aromatic heterocycles. The summed E-state index contributed by atoms with van der Waals surface area (Å²) >= 11 is 4.92. The first-order chi connectivity index (χ1) is 17.4. The third-order valence-electron chi connectivity index (χ3n) is 17.4. The Kier molecular flexibility index (Phi) is 7.65. The summed E-state index contributed by atoms with van der Waals surface area (Å²) in [7, 11) is -8.92. The van der Waals surface area contributed by atoms with E-state index in [-0.39, 0.29) is 0 Å². The SMILES string of the molecule is C[Si]1(C)CCCSC23CC(C2)(C3)C23CC(C2)(C3)SCCC[Si](C)(C)[Si](C)(C)[Si](C)(C)[Si](C)(C)[Si](C)(C)[Si]1(C)C. The zero-order valence-corrected chi connectivity index (χ0v) is 37.4. The maximum Gasteiger partial charge on any atom is 0.0384 e. The van der Waals surface area contributed by atoms with Crippen LogP contribution < -0.4 is 0 Å². The Bertz CT molecular complexity index is 895. The minimum Gasteiger partial charge on any atom is -0.155 e. The summed E-state index contributed by atoms with van der Waals surface area (Å²) in [5, 5.41) is 0. The fourth-order valence-electron chi connectivity index (χ4n) is 11.1. The molecule has 5 aliphatic heterocycles. The molecule has 6 aliphatic carbocycles. The molecule has 0 aromatic carbocycles. The minimum absolute atomic E-state index is 0.748. The quantitative estimate of drug-likeness (QED) is 0.233. The number of hydrogen-bond acceptors (Lipinski definition) is 2. The Morgan fingerprint density at radius 1 is 0.385 bits per heavy atom. The van der Waals surface area contributed by atoms with Crippen LogP contribution >= 0.6 is 23.5 Å². The second-order valence-corrected chi connectivity index (χ2v) is 101. The molecule has 39 heavy (non-hydrogen) atoms. The monoisotopic (exact) mass is 686 g/mol. The first-order valence-electron chi connectivity index (χ1n) is 16.7. The highest BCUT2D eigenvalue weighted by molar-refractivity contribution is 8.01. The van der Waals surface area contributed by atoms with Crippen molar-refractivity contribution >= 4 is 74.3 Å². The van der Waals surface area contributed by atoms with Crippen molar-refractivity contribution in [2.24, 2.45) is 10.8 Å². The summed E-state index contributed by atoms with van der Waals surface area (Å²) in [6, 6.07) is 3.27. The van der Waals surface area contributed by atoms with Crippen molar-refractivity contribution in [3.05, 3.63) is 0 Å². The van der Waals surface area contributed by atoms with Crippen LogP contribution in [0.15, 0.2) is 0 Å². The first-order valence-corrected chi connectivity index (χ1v) is 46.1. The molecule has 0 nitrogen and oxygen atoms in total. The zero-order chi connectivity index (χ0) is 29.4. The average molecular weight is 688 g/mol. The van der Waals surface area contributed by atoms with Crippen molar-refractivity contribution in [1.29, 1.82) is 0 Å². The Morgan fingerprint density at radius 2 is 0.641 bits per heavy atom. The van der Waals surface area contributed by atoms with E-state index in [0.717, 1.165) is 20.3 Å². The molecule has 0 unspecified atom stereocenters. The van der Waals surface area contributed by atoms with E-state index in [0.29, 0.717) is 0 Å². The molecule has 11 fully saturated rings. The highest BCUT2D eigenvalue weighted by Gasteiger charge is 2.84. The fraction of sp³-hybridized carbons (Fsp3) is 1.00. The van der Waals surface area contributed by atoms with Gasteiger partial charge in [-0.1, -0.05) is 104 Å². The third kappa shape index (κ3) is 4.13. The van der Waals surface area contributed by atoms with Gasteiger partial charge in [0.15, 0.2) is 0 Å². The first kappa shape index (κ1) is 32.6. The van der Waals surface area contributed by atoms with Crippen LogP contribution in [-0.4, -0.2) is 71.7 Å². The van der Waals surface area contributed by atoms with Gasteiger partial charge in [0.1, 0.15) is 0 Å². The summed E-state index contributed by atoms with van der Waals surface area (Å²) in [5.41, 5.74) is 1.66. The van der Waals surface area contributed by atoms with E-state index in [9.17, 15) is 0 Å². The molecule has 5 heterocycles. The van der Waals surface area contributed by atoms with E-state index >= 15 is 0 Å².